The predicted octanol–water partition coefficient (Wildman–Crippen LogP) is 5.40. The minimum atomic E-state index is -3.75. The number of hydrogen-bond donors (Lipinski definition) is 0. The maximum atomic E-state index is 13.9. The van der Waals surface area contributed by atoms with Gasteiger partial charge in [0.05, 0.1) is 10.6 Å². The summed E-state index contributed by atoms with van der Waals surface area (Å²) in [7, 11) is -3.75. The second kappa shape index (κ2) is 13.3. The third kappa shape index (κ3) is 6.27. The molecule has 0 N–H and O–H groups in total. The van der Waals surface area contributed by atoms with Gasteiger partial charge in [-0.1, -0.05) is 74.5 Å². The molecule has 4 aromatic rings. The second-order valence-corrected chi connectivity index (χ2v) is 12.4. The first-order valence-corrected chi connectivity index (χ1v) is 16.1. The van der Waals surface area contributed by atoms with Gasteiger partial charge in [0.1, 0.15) is 17.3 Å². The fraction of sp³-hybridized carbons (Fsp3) is 0.200. The summed E-state index contributed by atoms with van der Waals surface area (Å²) in [5.41, 5.74) is 3.59. The Kier molecular flexibility index (Phi) is 9.23. The third-order valence-corrected chi connectivity index (χ3v) is 9.85. The molecule has 45 heavy (non-hydrogen) atoms. The number of carbonyl (C=O) groups excluding carboxylic acids is 2. The number of nitrogens with zero attached hydrogens (tertiary/aromatic N) is 5. The van der Waals surface area contributed by atoms with E-state index >= 15 is 0 Å². The molecule has 228 valence electrons. The molecule has 0 aliphatic carbocycles. The van der Waals surface area contributed by atoms with Crippen LogP contribution in [-0.2, 0) is 26.0 Å². The van der Waals surface area contributed by atoms with Crippen LogP contribution in [0.25, 0.3) is 23.0 Å². The minimum absolute atomic E-state index is 0.0989. The van der Waals surface area contributed by atoms with Gasteiger partial charge in [0.25, 0.3) is 11.8 Å². The smallest absolute Gasteiger partial charge is 0.271 e. The zero-order chi connectivity index (χ0) is 32.1. The standard InChI is InChI=1S/C35H33N5O4S/c1-4-38(5-2)45(43,44)30-18-12-15-27(21-30)33-28(24-40(37-33)29-16-10-7-11-17-29)22-31-25(3)32(23-36)35(42)39(34(31)41)20-19-26-13-8-6-9-14-26/h6-18,21-22,24H,4-5,19-20H2,1-3H3/b31-22+. The van der Waals surface area contributed by atoms with Gasteiger partial charge in [-0.05, 0) is 54.8 Å². The number of aromatic nitrogens is 2. The molecule has 0 spiro atoms. The molecule has 0 saturated carbocycles. The van der Waals surface area contributed by atoms with Gasteiger partial charge in [-0.25, -0.2) is 13.1 Å². The minimum Gasteiger partial charge on any atom is -0.273 e. The summed E-state index contributed by atoms with van der Waals surface area (Å²) >= 11 is 0. The van der Waals surface area contributed by atoms with E-state index in [1.807, 2.05) is 66.7 Å². The number of para-hydroxylation sites is 1. The van der Waals surface area contributed by atoms with E-state index in [9.17, 15) is 23.3 Å². The zero-order valence-corrected chi connectivity index (χ0v) is 26.2. The molecule has 10 heteroatoms. The summed E-state index contributed by atoms with van der Waals surface area (Å²) in [5, 5.41) is 14.7. The van der Waals surface area contributed by atoms with E-state index in [1.54, 1.807) is 62.0 Å². The molecule has 0 radical (unpaired) electrons. The molecule has 1 aliphatic heterocycles. The Hall–Kier alpha value is -5.11. The first-order chi connectivity index (χ1) is 21.7. The van der Waals surface area contributed by atoms with Crippen molar-refractivity contribution in [1.29, 1.82) is 5.26 Å². The van der Waals surface area contributed by atoms with Gasteiger partial charge in [0, 0.05) is 42.5 Å². The molecule has 1 aliphatic rings. The Balaban J connectivity index is 1.64. The van der Waals surface area contributed by atoms with Crippen LogP contribution in [0.5, 0.6) is 0 Å². The Bertz CT molecular complexity index is 1950. The molecule has 3 aromatic carbocycles. The molecule has 0 fully saturated rings. The maximum absolute atomic E-state index is 13.9. The van der Waals surface area contributed by atoms with Crippen LogP contribution in [0, 0.1) is 11.3 Å². The van der Waals surface area contributed by atoms with Crippen LogP contribution in [0.3, 0.4) is 0 Å². The lowest BCUT2D eigenvalue weighted by Gasteiger charge is -2.27. The third-order valence-electron chi connectivity index (χ3n) is 7.81. The van der Waals surface area contributed by atoms with Gasteiger partial charge >= 0.3 is 0 Å². The van der Waals surface area contributed by atoms with Crippen LogP contribution >= 0.6 is 0 Å². The molecule has 2 amide bonds. The highest BCUT2D eigenvalue weighted by atomic mass is 32.2. The van der Waals surface area contributed by atoms with Crippen molar-refractivity contribution in [3.8, 4) is 23.0 Å². The van der Waals surface area contributed by atoms with E-state index in [0.717, 1.165) is 16.2 Å². The van der Waals surface area contributed by atoms with Crippen LogP contribution in [-0.4, -0.2) is 58.9 Å². The Morgan fingerprint density at radius 1 is 0.911 bits per heavy atom. The van der Waals surface area contributed by atoms with E-state index in [4.69, 9.17) is 5.10 Å². The summed E-state index contributed by atoms with van der Waals surface area (Å²) in [5.74, 6) is -1.13. The lowest BCUT2D eigenvalue weighted by atomic mass is 9.93. The molecule has 0 atom stereocenters. The highest BCUT2D eigenvalue weighted by molar-refractivity contribution is 7.89. The summed E-state index contributed by atoms with van der Waals surface area (Å²) < 4.78 is 29.8. The second-order valence-electron chi connectivity index (χ2n) is 10.5. The van der Waals surface area contributed by atoms with Crippen molar-refractivity contribution in [2.45, 2.75) is 32.1 Å². The van der Waals surface area contributed by atoms with Crippen molar-refractivity contribution in [3.05, 3.63) is 119 Å². The van der Waals surface area contributed by atoms with E-state index < -0.39 is 21.8 Å². The molecule has 2 heterocycles. The summed E-state index contributed by atoms with van der Waals surface area (Å²) in [6, 6.07) is 27.5. The van der Waals surface area contributed by atoms with Gasteiger partial charge in [0.2, 0.25) is 10.0 Å². The first kappa shape index (κ1) is 31.3. The number of amides is 2. The lowest BCUT2D eigenvalue weighted by molar-refractivity contribution is -0.140. The molecule has 9 nitrogen and oxygen atoms in total. The first-order valence-electron chi connectivity index (χ1n) is 14.7. The monoisotopic (exact) mass is 619 g/mol. The normalized spacial score (nSPS) is 14.8. The van der Waals surface area contributed by atoms with Crippen molar-refractivity contribution in [1.82, 2.24) is 19.0 Å². The van der Waals surface area contributed by atoms with Crippen molar-refractivity contribution >= 4 is 27.9 Å². The maximum Gasteiger partial charge on any atom is 0.271 e. The molecule has 0 saturated heterocycles. The van der Waals surface area contributed by atoms with E-state index in [2.05, 4.69) is 0 Å². The van der Waals surface area contributed by atoms with Gasteiger partial charge in [-0.2, -0.15) is 14.7 Å². The van der Waals surface area contributed by atoms with Gasteiger partial charge in [-0.15, -0.1) is 0 Å². The SMILES string of the molecule is CCN(CC)S(=O)(=O)c1cccc(-c2nn(-c3ccccc3)cc2/C=C2/C(=O)N(CCc3ccccc3)C(=O)C(C#N)=C2C)c1. The van der Waals surface area contributed by atoms with E-state index in [0.29, 0.717) is 36.3 Å². The lowest BCUT2D eigenvalue weighted by Crippen LogP contribution is -2.43. The van der Waals surface area contributed by atoms with Crippen molar-refractivity contribution in [2.24, 2.45) is 0 Å². The molecule has 1 aromatic heterocycles. The van der Waals surface area contributed by atoms with Crippen molar-refractivity contribution in [2.75, 3.05) is 19.6 Å². The molecule has 0 bridgehead atoms. The average molecular weight is 620 g/mol. The molecular weight excluding hydrogens is 586 g/mol. The fourth-order valence-corrected chi connectivity index (χ4v) is 6.82. The van der Waals surface area contributed by atoms with Crippen LogP contribution in [0.1, 0.15) is 31.9 Å². The number of hydrogen-bond acceptors (Lipinski definition) is 6. The number of carbonyl (C=O) groups is 2. The van der Waals surface area contributed by atoms with E-state index in [1.165, 1.54) is 4.31 Å². The Morgan fingerprint density at radius 2 is 1.58 bits per heavy atom. The topological polar surface area (TPSA) is 116 Å². The molecular formula is C35H33N5O4S. The van der Waals surface area contributed by atoms with Crippen LogP contribution < -0.4 is 0 Å². The highest BCUT2D eigenvalue weighted by Gasteiger charge is 2.35. The predicted molar refractivity (Wildman–Crippen MR) is 172 cm³/mol. The fourth-order valence-electron chi connectivity index (χ4n) is 5.32. The van der Waals surface area contributed by atoms with Crippen LogP contribution in [0.4, 0.5) is 0 Å². The largest absolute Gasteiger partial charge is 0.273 e. The molecule has 0 unspecified atom stereocenters. The summed E-state index contributed by atoms with van der Waals surface area (Å²) in [6.45, 7) is 5.94. The van der Waals surface area contributed by atoms with E-state index in [-0.39, 0.29) is 28.2 Å². The van der Waals surface area contributed by atoms with Crippen LogP contribution in [0.2, 0.25) is 0 Å². The number of rotatable bonds is 10. The van der Waals surface area contributed by atoms with Gasteiger partial charge < -0.3 is 0 Å². The number of sulfonamides is 1. The Morgan fingerprint density at radius 3 is 2.22 bits per heavy atom. The average Bonchev–Trinajstić information content (AvgIpc) is 3.49. The van der Waals surface area contributed by atoms with Crippen molar-refractivity contribution in [3.63, 3.8) is 0 Å². The molecule has 5 rings (SSSR count). The quantitative estimate of drug-likeness (QED) is 0.173. The van der Waals surface area contributed by atoms with Gasteiger partial charge in [0.15, 0.2) is 0 Å². The van der Waals surface area contributed by atoms with Crippen LogP contribution in [0.15, 0.2) is 113 Å². The van der Waals surface area contributed by atoms with Gasteiger partial charge in [-0.3, -0.25) is 14.5 Å². The number of nitriles is 1. The summed E-state index contributed by atoms with van der Waals surface area (Å²) in [6.07, 6.45) is 3.82. The Labute approximate surface area is 263 Å². The number of benzene rings is 3. The zero-order valence-electron chi connectivity index (χ0n) is 25.3. The summed E-state index contributed by atoms with van der Waals surface area (Å²) in [4.78, 5) is 28.3. The highest BCUT2D eigenvalue weighted by Crippen LogP contribution is 2.32. The van der Waals surface area contributed by atoms with Crippen molar-refractivity contribution < 1.29 is 18.0 Å². The number of imide groups is 1.